The van der Waals surface area contributed by atoms with Crippen molar-refractivity contribution < 1.29 is 0 Å². The minimum atomic E-state index is 1.32. The van der Waals surface area contributed by atoms with Crippen LogP contribution in [-0.4, -0.2) is 6.72 Å². The standard InChI is InChI=1S/C4H10.CH3N/c1-3-4-2;1-2/h3-4H2,1-2H3;2H,1H2. The van der Waals surface area contributed by atoms with E-state index < -0.39 is 0 Å². The fourth-order valence-corrected chi connectivity index (χ4v) is 0. The summed E-state index contributed by atoms with van der Waals surface area (Å²) in [6.45, 7) is 6.86. The topological polar surface area (TPSA) is 23.9 Å². The molecule has 0 heterocycles. The highest BCUT2D eigenvalue weighted by atomic mass is 14.2. The highest BCUT2D eigenvalue weighted by molar-refractivity contribution is 5.15. The summed E-state index contributed by atoms with van der Waals surface area (Å²) in [4.78, 5) is 0. The van der Waals surface area contributed by atoms with E-state index in [4.69, 9.17) is 5.41 Å². The summed E-state index contributed by atoms with van der Waals surface area (Å²) in [6.07, 6.45) is 2.64. The molecule has 0 radical (unpaired) electrons. The van der Waals surface area contributed by atoms with Gasteiger partial charge in [0.25, 0.3) is 0 Å². The van der Waals surface area contributed by atoms with Crippen molar-refractivity contribution in [1.82, 2.24) is 0 Å². The Morgan fingerprint density at radius 2 is 1.33 bits per heavy atom. The molecule has 0 spiro atoms. The molecule has 1 N–H and O–H groups in total. The lowest BCUT2D eigenvalue weighted by Gasteiger charge is -1.68. The van der Waals surface area contributed by atoms with Crippen LogP contribution in [0.2, 0.25) is 0 Å². The van der Waals surface area contributed by atoms with Gasteiger partial charge < -0.3 is 5.41 Å². The van der Waals surface area contributed by atoms with E-state index in [0.29, 0.717) is 0 Å². The molecule has 0 aliphatic rings. The SMILES string of the molecule is C=N.CCCC. The molecular weight excluding hydrogens is 74.1 g/mol. The molecule has 0 aliphatic carbocycles. The van der Waals surface area contributed by atoms with Gasteiger partial charge in [0.2, 0.25) is 0 Å². The van der Waals surface area contributed by atoms with Crippen LogP contribution in [0.3, 0.4) is 0 Å². The molecule has 0 bridgehead atoms. The number of hydrogen-bond donors (Lipinski definition) is 1. The Morgan fingerprint density at radius 3 is 1.33 bits per heavy atom. The molecule has 0 aliphatic heterocycles. The Bertz CT molecular complexity index is 11.4. The third kappa shape index (κ3) is 58.3. The van der Waals surface area contributed by atoms with Crippen molar-refractivity contribution in [3.8, 4) is 0 Å². The zero-order valence-corrected chi connectivity index (χ0v) is 4.62. The van der Waals surface area contributed by atoms with Gasteiger partial charge in [-0.2, -0.15) is 0 Å². The Balaban J connectivity index is 0. The minimum Gasteiger partial charge on any atom is -0.317 e. The summed E-state index contributed by atoms with van der Waals surface area (Å²) >= 11 is 0. The smallest absolute Gasteiger partial charge is 0.0187 e. The van der Waals surface area contributed by atoms with Crippen molar-refractivity contribution in [2.45, 2.75) is 26.7 Å². The van der Waals surface area contributed by atoms with Gasteiger partial charge in [0.1, 0.15) is 0 Å². The normalized spacial score (nSPS) is 5.67. The Morgan fingerprint density at radius 1 is 1.17 bits per heavy atom. The highest BCUT2D eigenvalue weighted by Crippen LogP contribution is 1.76. The van der Waals surface area contributed by atoms with Gasteiger partial charge in [0.15, 0.2) is 0 Å². The largest absolute Gasteiger partial charge is 0.317 e. The van der Waals surface area contributed by atoms with Gasteiger partial charge in [-0.3, -0.25) is 0 Å². The van der Waals surface area contributed by atoms with Crippen molar-refractivity contribution in [1.29, 1.82) is 5.41 Å². The molecule has 0 unspecified atom stereocenters. The first-order valence-corrected chi connectivity index (χ1v) is 2.27. The average Bonchev–Trinajstić information content (AvgIpc) is 1.72. The molecular formula is C5H13N. The average molecular weight is 87.2 g/mol. The third-order valence-electron chi connectivity index (χ3n) is 0.500. The molecule has 38 valence electrons. The van der Waals surface area contributed by atoms with Crippen LogP contribution in [0.15, 0.2) is 0 Å². The monoisotopic (exact) mass is 87.1 g/mol. The first kappa shape index (κ1) is 9.18. The fraction of sp³-hybridized carbons (Fsp3) is 0.800. The predicted octanol–water partition coefficient (Wildman–Crippen LogP) is 2.07. The van der Waals surface area contributed by atoms with Crippen molar-refractivity contribution in [2.24, 2.45) is 0 Å². The van der Waals surface area contributed by atoms with Gasteiger partial charge in [0, 0.05) is 0 Å². The molecule has 0 aromatic heterocycles. The van der Waals surface area contributed by atoms with Crippen molar-refractivity contribution >= 4 is 6.72 Å². The van der Waals surface area contributed by atoms with Crippen LogP contribution >= 0.6 is 0 Å². The second kappa shape index (κ2) is 22.6. The molecule has 1 heteroatoms. The van der Waals surface area contributed by atoms with E-state index in [1.165, 1.54) is 12.8 Å². The van der Waals surface area contributed by atoms with Gasteiger partial charge in [-0.15, -0.1) is 0 Å². The van der Waals surface area contributed by atoms with Crippen LogP contribution < -0.4 is 0 Å². The second-order valence-electron chi connectivity index (χ2n) is 1.000. The lowest BCUT2D eigenvalue weighted by Crippen LogP contribution is -1.47. The Hall–Kier alpha value is -0.330. The zero-order chi connectivity index (χ0) is 5.41. The highest BCUT2D eigenvalue weighted by Gasteiger charge is 1.56. The van der Waals surface area contributed by atoms with Crippen molar-refractivity contribution in [2.75, 3.05) is 0 Å². The predicted molar refractivity (Wildman–Crippen MR) is 30.4 cm³/mol. The maximum Gasteiger partial charge on any atom is -0.0187 e. The Kier molecular flexibility index (Phi) is 34.5. The first-order chi connectivity index (χ1) is 2.91. The fourth-order valence-electron chi connectivity index (χ4n) is 0. The molecule has 0 saturated carbocycles. The van der Waals surface area contributed by atoms with Gasteiger partial charge in [-0.1, -0.05) is 26.7 Å². The van der Waals surface area contributed by atoms with Gasteiger partial charge in [-0.05, 0) is 6.72 Å². The summed E-state index contributed by atoms with van der Waals surface area (Å²) in [5.41, 5.74) is 0. The molecule has 0 amide bonds. The maximum absolute atomic E-state index is 5.50. The molecule has 1 nitrogen and oxygen atoms in total. The first-order valence-electron chi connectivity index (χ1n) is 2.27. The van der Waals surface area contributed by atoms with Crippen LogP contribution in [0.25, 0.3) is 0 Å². The maximum atomic E-state index is 5.50. The lowest BCUT2D eigenvalue weighted by molar-refractivity contribution is 0.886. The van der Waals surface area contributed by atoms with Crippen LogP contribution in [-0.2, 0) is 0 Å². The summed E-state index contributed by atoms with van der Waals surface area (Å²) in [5, 5.41) is 5.50. The van der Waals surface area contributed by atoms with E-state index >= 15 is 0 Å². The number of rotatable bonds is 1. The van der Waals surface area contributed by atoms with Gasteiger partial charge >= 0.3 is 0 Å². The van der Waals surface area contributed by atoms with E-state index in [2.05, 4.69) is 20.6 Å². The molecule has 0 atom stereocenters. The lowest BCUT2D eigenvalue weighted by atomic mass is 10.4. The zero-order valence-electron chi connectivity index (χ0n) is 4.62. The second-order valence-corrected chi connectivity index (χ2v) is 1.000. The van der Waals surface area contributed by atoms with E-state index in [9.17, 15) is 0 Å². The molecule has 0 fully saturated rings. The van der Waals surface area contributed by atoms with Crippen LogP contribution in [0, 0.1) is 5.41 Å². The summed E-state index contributed by atoms with van der Waals surface area (Å²) in [7, 11) is 0. The third-order valence-corrected chi connectivity index (χ3v) is 0.500. The van der Waals surface area contributed by atoms with Crippen LogP contribution in [0.4, 0.5) is 0 Å². The molecule has 0 aromatic rings. The van der Waals surface area contributed by atoms with Crippen molar-refractivity contribution in [3.63, 3.8) is 0 Å². The molecule has 0 rings (SSSR count). The summed E-state index contributed by atoms with van der Waals surface area (Å²) in [6, 6.07) is 0. The van der Waals surface area contributed by atoms with Crippen LogP contribution in [0.5, 0.6) is 0 Å². The number of nitrogens with one attached hydrogen (secondary N) is 1. The molecule has 0 aromatic carbocycles. The quantitative estimate of drug-likeness (QED) is 0.473. The Labute approximate surface area is 39.9 Å². The number of hydrogen-bond acceptors (Lipinski definition) is 1. The molecule has 6 heavy (non-hydrogen) atoms. The molecule has 0 saturated heterocycles. The summed E-state index contributed by atoms with van der Waals surface area (Å²) < 4.78 is 0. The van der Waals surface area contributed by atoms with Crippen molar-refractivity contribution in [3.05, 3.63) is 0 Å². The summed E-state index contributed by atoms with van der Waals surface area (Å²) in [5.74, 6) is 0. The van der Waals surface area contributed by atoms with Gasteiger partial charge in [0.05, 0.1) is 0 Å². The van der Waals surface area contributed by atoms with E-state index in [1.807, 2.05) is 0 Å². The van der Waals surface area contributed by atoms with Gasteiger partial charge in [-0.25, -0.2) is 0 Å². The van der Waals surface area contributed by atoms with E-state index in [0.717, 1.165) is 0 Å². The number of unbranched alkanes of at least 4 members (excludes halogenated alkanes) is 1. The van der Waals surface area contributed by atoms with E-state index in [-0.39, 0.29) is 0 Å². The minimum absolute atomic E-state index is 1.32. The van der Waals surface area contributed by atoms with E-state index in [1.54, 1.807) is 0 Å². The van der Waals surface area contributed by atoms with Crippen LogP contribution in [0.1, 0.15) is 26.7 Å².